The molecule has 0 unspecified atom stereocenters. The minimum atomic E-state index is 0. The van der Waals surface area contributed by atoms with Crippen LogP contribution in [0.4, 0.5) is 0 Å². The topological polar surface area (TPSA) is 60.8 Å². The number of hydrogen-bond donors (Lipinski definition) is 1. The summed E-state index contributed by atoms with van der Waals surface area (Å²) >= 11 is 1.91. The molecule has 2 heterocycles. The van der Waals surface area contributed by atoms with Gasteiger partial charge in [0.05, 0.1) is 10.7 Å². The number of hydrogen-bond acceptors (Lipinski definition) is 4. The van der Waals surface area contributed by atoms with Crippen molar-refractivity contribution in [1.82, 2.24) is 20.1 Å². The molecule has 1 aliphatic heterocycles. The van der Waals surface area contributed by atoms with Gasteiger partial charge in [-0.2, -0.15) is 0 Å². The fourth-order valence-electron chi connectivity index (χ4n) is 3.59. The third-order valence-electron chi connectivity index (χ3n) is 5.06. The predicted octanol–water partition coefficient (Wildman–Crippen LogP) is 2.70. The second-order valence-electron chi connectivity index (χ2n) is 7.02. The van der Waals surface area contributed by atoms with Crippen LogP contribution in [0, 0.1) is 0 Å². The van der Waals surface area contributed by atoms with Crippen LogP contribution >= 0.6 is 35.3 Å². The molecule has 1 amide bonds. The number of rotatable bonds is 5. The van der Waals surface area contributed by atoms with Gasteiger partial charge in [0, 0.05) is 57.5 Å². The van der Waals surface area contributed by atoms with E-state index in [4.69, 9.17) is 9.98 Å². The Balaban J connectivity index is 0.00000261. The third kappa shape index (κ3) is 6.30. The summed E-state index contributed by atoms with van der Waals surface area (Å²) in [7, 11) is 0. The predicted molar refractivity (Wildman–Crippen MR) is 122 cm³/mol. The van der Waals surface area contributed by atoms with Crippen molar-refractivity contribution < 1.29 is 4.79 Å². The van der Waals surface area contributed by atoms with Crippen LogP contribution in [0.2, 0.25) is 0 Å². The van der Waals surface area contributed by atoms with Crippen molar-refractivity contribution in [3.63, 3.8) is 0 Å². The van der Waals surface area contributed by atoms with E-state index in [9.17, 15) is 4.79 Å². The van der Waals surface area contributed by atoms with E-state index < -0.39 is 0 Å². The van der Waals surface area contributed by atoms with Gasteiger partial charge in [-0.1, -0.05) is 0 Å². The summed E-state index contributed by atoms with van der Waals surface area (Å²) in [6, 6.07) is 0. The van der Waals surface area contributed by atoms with Gasteiger partial charge in [0.15, 0.2) is 5.96 Å². The minimum Gasteiger partial charge on any atom is -0.357 e. The van der Waals surface area contributed by atoms with Crippen molar-refractivity contribution >= 4 is 47.2 Å². The third-order valence-corrected chi connectivity index (χ3v) is 6.28. The van der Waals surface area contributed by atoms with E-state index in [1.807, 2.05) is 16.2 Å². The first-order valence-corrected chi connectivity index (χ1v) is 10.7. The minimum absolute atomic E-state index is 0. The zero-order valence-corrected chi connectivity index (χ0v) is 19.6. The summed E-state index contributed by atoms with van der Waals surface area (Å²) in [5.41, 5.74) is 1.36. The smallest absolute Gasteiger partial charge is 0.219 e. The molecule has 0 bridgehead atoms. The number of aryl methyl sites for hydroxylation is 3. The first-order chi connectivity index (χ1) is 12.7. The molecule has 2 aliphatic rings. The van der Waals surface area contributed by atoms with Gasteiger partial charge in [-0.15, -0.1) is 35.3 Å². The molecular weight excluding hydrogens is 473 g/mol. The zero-order valence-electron chi connectivity index (χ0n) is 16.5. The average Bonchev–Trinajstić information content (AvgIpc) is 3.07. The molecule has 27 heavy (non-hydrogen) atoms. The molecule has 3 rings (SSSR count). The summed E-state index contributed by atoms with van der Waals surface area (Å²) in [5.74, 6) is 1.15. The number of nitrogens with zero attached hydrogens (tertiary/aromatic N) is 4. The Morgan fingerprint density at radius 1 is 1.19 bits per heavy atom. The van der Waals surface area contributed by atoms with Crippen molar-refractivity contribution in [2.24, 2.45) is 4.99 Å². The van der Waals surface area contributed by atoms with Crippen molar-refractivity contribution in [2.75, 3.05) is 39.3 Å². The van der Waals surface area contributed by atoms with Crippen LogP contribution < -0.4 is 5.32 Å². The number of piperazine rings is 1. The normalized spacial score (nSPS) is 17.3. The lowest BCUT2D eigenvalue weighted by Crippen LogP contribution is -2.53. The second-order valence-corrected chi connectivity index (χ2v) is 8.19. The van der Waals surface area contributed by atoms with Crippen molar-refractivity contribution in [3.8, 4) is 0 Å². The van der Waals surface area contributed by atoms with E-state index >= 15 is 0 Å². The van der Waals surface area contributed by atoms with Gasteiger partial charge >= 0.3 is 0 Å². The van der Waals surface area contributed by atoms with Crippen LogP contribution in [-0.2, 0) is 24.1 Å². The van der Waals surface area contributed by atoms with E-state index in [1.165, 1.54) is 41.3 Å². The second kappa shape index (κ2) is 11.2. The van der Waals surface area contributed by atoms with E-state index in [-0.39, 0.29) is 29.9 Å². The van der Waals surface area contributed by atoms with Gasteiger partial charge in [-0.25, -0.2) is 4.98 Å². The SMILES string of the molecule is CCNC(=NCCCc1nc2c(s1)CCCC2)N1CCN(C(C)=O)CC1.I. The van der Waals surface area contributed by atoms with E-state index in [0.717, 1.165) is 58.1 Å². The van der Waals surface area contributed by atoms with Gasteiger partial charge in [-0.05, 0) is 39.0 Å². The van der Waals surface area contributed by atoms with Crippen LogP contribution in [0.1, 0.15) is 48.7 Å². The summed E-state index contributed by atoms with van der Waals surface area (Å²) in [6.07, 6.45) is 7.07. The fraction of sp³-hybridized carbons (Fsp3) is 0.737. The van der Waals surface area contributed by atoms with E-state index in [0.29, 0.717) is 0 Å². The lowest BCUT2D eigenvalue weighted by Gasteiger charge is -2.36. The number of carbonyl (C=O) groups excluding carboxylic acids is 1. The first kappa shape index (κ1) is 22.4. The molecule has 152 valence electrons. The van der Waals surface area contributed by atoms with E-state index in [2.05, 4.69) is 17.1 Å². The number of fused-ring (bicyclic) bond motifs is 1. The lowest BCUT2D eigenvalue weighted by atomic mass is 10.0. The number of halogens is 1. The largest absolute Gasteiger partial charge is 0.357 e. The van der Waals surface area contributed by atoms with Gasteiger partial charge < -0.3 is 15.1 Å². The van der Waals surface area contributed by atoms with E-state index in [1.54, 1.807) is 6.92 Å². The molecule has 1 saturated heterocycles. The fourth-order valence-corrected chi connectivity index (χ4v) is 4.79. The highest BCUT2D eigenvalue weighted by molar-refractivity contribution is 14.0. The van der Waals surface area contributed by atoms with Crippen molar-refractivity contribution in [1.29, 1.82) is 0 Å². The molecular formula is C19H32IN5OS. The summed E-state index contributed by atoms with van der Waals surface area (Å²) in [5, 5.41) is 4.68. The summed E-state index contributed by atoms with van der Waals surface area (Å²) in [4.78, 5) is 26.8. The molecule has 0 radical (unpaired) electrons. The average molecular weight is 505 g/mol. The molecule has 1 N–H and O–H groups in total. The zero-order chi connectivity index (χ0) is 18.4. The number of aromatic nitrogens is 1. The molecule has 1 fully saturated rings. The van der Waals surface area contributed by atoms with Gasteiger partial charge in [0.2, 0.25) is 5.91 Å². The van der Waals surface area contributed by atoms with Crippen LogP contribution in [0.25, 0.3) is 0 Å². The highest BCUT2D eigenvalue weighted by atomic mass is 127. The number of nitrogens with one attached hydrogen (secondary N) is 1. The molecule has 1 aromatic rings. The Morgan fingerprint density at radius 2 is 1.89 bits per heavy atom. The molecule has 0 saturated carbocycles. The molecule has 6 nitrogen and oxygen atoms in total. The van der Waals surface area contributed by atoms with Crippen LogP contribution in [-0.4, -0.2) is 65.9 Å². The lowest BCUT2D eigenvalue weighted by molar-refractivity contribution is -0.130. The monoisotopic (exact) mass is 505 g/mol. The maximum absolute atomic E-state index is 11.5. The number of aliphatic imine (C=N–C) groups is 1. The number of amides is 1. The molecule has 1 aromatic heterocycles. The van der Waals surface area contributed by atoms with Gasteiger partial charge in [0.25, 0.3) is 0 Å². The quantitative estimate of drug-likeness (QED) is 0.290. The first-order valence-electron chi connectivity index (χ1n) is 9.93. The number of guanidine groups is 1. The Bertz CT molecular complexity index is 617. The Morgan fingerprint density at radius 3 is 2.56 bits per heavy atom. The standard InChI is InChI=1S/C19H31N5OS.HI/c1-3-20-19(24-13-11-23(12-14-24)15(2)25)21-10-6-9-18-22-16-7-4-5-8-17(16)26-18;/h3-14H2,1-2H3,(H,20,21);1H. The van der Waals surface area contributed by atoms with Crippen LogP contribution in [0.5, 0.6) is 0 Å². The molecule has 0 atom stereocenters. The van der Waals surface area contributed by atoms with Gasteiger partial charge in [0.1, 0.15) is 0 Å². The molecule has 0 aromatic carbocycles. The number of thiazole rings is 1. The molecule has 0 spiro atoms. The summed E-state index contributed by atoms with van der Waals surface area (Å²) < 4.78 is 0. The highest BCUT2D eigenvalue weighted by Gasteiger charge is 2.20. The van der Waals surface area contributed by atoms with Crippen molar-refractivity contribution in [2.45, 2.75) is 52.4 Å². The summed E-state index contributed by atoms with van der Waals surface area (Å²) in [6.45, 7) is 8.70. The maximum Gasteiger partial charge on any atom is 0.219 e. The Labute approximate surface area is 183 Å². The molecule has 1 aliphatic carbocycles. The Kier molecular flexibility index (Phi) is 9.28. The maximum atomic E-state index is 11.5. The molecule has 8 heteroatoms. The van der Waals surface area contributed by atoms with Crippen molar-refractivity contribution in [3.05, 3.63) is 15.6 Å². The van der Waals surface area contributed by atoms with Crippen LogP contribution in [0.3, 0.4) is 0 Å². The highest BCUT2D eigenvalue weighted by Crippen LogP contribution is 2.27. The van der Waals surface area contributed by atoms with Crippen LogP contribution in [0.15, 0.2) is 4.99 Å². The Hall–Kier alpha value is -0.900. The van der Waals surface area contributed by atoms with Gasteiger partial charge in [-0.3, -0.25) is 9.79 Å². The number of carbonyl (C=O) groups is 1.